The summed E-state index contributed by atoms with van der Waals surface area (Å²) < 4.78 is 22.0. The summed E-state index contributed by atoms with van der Waals surface area (Å²) >= 11 is 0. The van der Waals surface area contributed by atoms with Crippen LogP contribution in [0.5, 0.6) is 0 Å². The topological polar surface area (TPSA) is 264 Å². The summed E-state index contributed by atoms with van der Waals surface area (Å²) in [7, 11) is 0. The van der Waals surface area contributed by atoms with E-state index in [1.54, 1.807) is 19.9 Å². The Morgan fingerprint density at radius 3 is 2.21 bits per heavy atom. The first kappa shape index (κ1) is 48.1. The molecular weight excluding hydrogens is 872 g/mol. The van der Waals surface area contributed by atoms with Crippen LogP contribution in [0, 0.1) is 12.7 Å². The molecule has 0 unspecified atom stereocenters. The SMILES string of the molecule is CC[C@@]1(O)C(=O)OCc2c1cc1n(c2=O)Cc2c-1nc1cc(F)c(C)c3c1c2[C@@H](NC(=O)CCCNC(=O)[C@H](C)NC(=O)[C@H](C)NC(=O)[C@H](C)NC(=O)CCCCCN1C(=O)C=CC1=O)CC3. The Morgan fingerprint density at radius 1 is 0.866 bits per heavy atom. The molecule has 0 radical (unpaired) electrons. The molecule has 356 valence electrons. The normalized spacial score (nSPS) is 19.2. The first-order chi connectivity index (χ1) is 31.8. The van der Waals surface area contributed by atoms with E-state index in [1.807, 2.05) is 0 Å². The molecule has 3 aliphatic heterocycles. The fourth-order valence-corrected chi connectivity index (χ4v) is 9.15. The molecule has 5 atom stereocenters. The first-order valence-electron chi connectivity index (χ1n) is 22.7. The number of aryl methyl sites for hydroxylation is 1. The second-order valence-electron chi connectivity index (χ2n) is 17.6. The number of amides is 7. The highest BCUT2D eigenvalue weighted by Crippen LogP contribution is 2.46. The van der Waals surface area contributed by atoms with Crippen LogP contribution in [0.15, 0.2) is 29.1 Å². The minimum atomic E-state index is -2.03. The van der Waals surface area contributed by atoms with Crippen LogP contribution < -0.4 is 32.1 Å². The van der Waals surface area contributed by atoms with E-state index in [1.165, 1.54) is 43.6 Å². The number of hydrogen-bond acceptors (Lipinski definition) is 12. The Balaban J connectivity index is 0.890. The zero-order valence-corrected chi connectivity index (χ0v) is 38.1. The van der Waals surface area contributed by atoms with Gasteiger partial charge in [0.15, 0.2) is 5.60 Å². The number of unbranched alkanes of at least 4 members (excludes halogenated alkanes) is 2. The lowest BCUT2D eigenvalue weighted by Gasteiger charge is -2.31. The van der Waals surface area contributed by atoms with Crippen LogP contribution in [0.3, 0.4) is 0 Å². The van der Waals surface area contributed by atoms with Gasteiger partial charge in [-0.3, -0.25) is 43.3 Å². The summed E-state index contributed by atoms with van der Waals surface area (Å²) in [5.41, 5.74) is 1.56. The predicted octanol–water partition coefficient (Wildman–Crippen LogP) is 1.53. The van der Waals surface area contributed by atoms with Gasteiger partial charge in [0.1, 0.15) is 30.5 Å². The Labute approximate surface area is 384 Å². The quantitative estimate of drug-likeness (QED) is 0.0472. The summed E-state index contributed by atoms with van der Waals surface area (Å²) in [5.74, 6) is -4.47. The van der Waals surface area contributed by atoms with Crippen molar-refractivity contribution >= 4 is 58.2 Å². The van der Waals surface area contributed by atoms with Crippen LogP contribution in [-0.2, 0) is 68.3 Å². The predicted molar refractivity (Wildman–Crippen MR) is 238 cm³/mol. The second-order valence-corrected chi connectivity index (χ2v) is 17.6. The van der Waals surface area contributed by atoms with E-state index in [0.717, 1.165) is 10.5 Å². The van der Waals surface area contributed by atoms with Crippen molar-refractivity contribution in [1.82, 2.24) is 41.0 Å². The minimum Gasteiger partial charge on any atom is -0.458 e. The van der Waals surface area contributed by atoms with E-state index < -0.39 is 64.8 Å². The number of benzene rings is 1. The van der Waals surface area contributed by atoms with Crippen LogP contribution in [0.4, 0.5) is 4.39 Å². The molecule has 5 heterocycles. The minimum absolute atomic E-state index is 0.0258. The van der Waals surface area contributed by atoms with Crippen molar-refractivity contribution in [2.24, 2.45) is 0 Å². The lowest BCUT2D eigenvalue weighted by molar-refractivity contribution is -0.172. The largest absolute Gasteiger partial charge is 0.458 e. The van der Waals surface area contributed by atoms with E-state index in [0.29, 0.717) is 71.1 Å². The van der Waals surface area contributed by atoms with Crippen molar-refractivity contribution in [2.45, 2.75) is 135 Å². The van der Waals surface area contributed by atoms with E-state index >= 15 is 4.39 Å². The van der Waals surface area contributed by atoms with Crippen molar-refractivity contribution in [2.75, 3.05) is 13.1 Å². The van der Waals surface area contributed by atoms with Gasteiger partial charge in [-0.2, -0.15) is 0 Å². The number of fused-ring (bicyclic) bond motifs is 5. The number of carbonyl (C=O) groups excluding carboxylic acids is 8. The summed E-state index contributed by atoms with van der Waals surface area (Å²) in [6.45, 7) is 7.84. The van der Waals surface area contributed by atoms with Crippen LogP contribution in [0.2, 0.25) is 0 Å². The number of aromatic nitrogens is 2. The number of hydrogen-bond donors (Lipinski definition) is 6. The Hall–Kier alpha value is -6.83. The monoisotopic (exact) mass is 926 g/mol. The van der Waals surface area contributed by atoms with Gasteiger partial charge >= 0.3 is 5.97 Å². The van der Waals surface area contributed by atoms with Crippen LogP contribution in [0.25, 0.3) is 22.3 Å². The molecule has 1 aliphatic carbocycles. The molecule has 2 aromatic heterocycles. The molecule has 3 aromatic rings. The molecule has 6 N–H and O–H groups in total. The van der Waals surface area contributed by atoms with Crippen LogP contribution >= 0.6 is 0 Å². The number of esters is 1. The van der Waals surface area contributed by atoms with Gasteiger partial charge in [0.25, 0.3) is 17.4 Å². The fraction of sp³-hybridized carbons (Fsp3) is 0.489. The number of aliphatic hydroxyl groups is 1. The van der Waals surface area contributed by atoms with Gasteiger partial charge < -0.3 is 41.0 Å². The number of nitrogens with zero attached hydrogens (tertiary/aromatic N) is 3. The number of ether oxygens (including phenoxy) is 1. The molecular formula is C47H55FN8O11. The zero-order valence-electron chi connectivity index (χ0n) is 38.1. The average Bonchev–Trinajstić information content (AvgIpc) is 3.83. The van der Waals surface area contributed by atoms with Crippen molar-refractivity contribution in [1.29, 1.82) is 0 Å². The van der Waals surface area contributed by atoms with E-state index in [4.69, 9.17) is 9.72 Å². The zero-order chi connectivity index (χ0) is 48.5. The van der Waals surface area contributed by atoms with Gasteiger partial charge in [-0.25, -0.2) is 14.2 Å². The number of imide groups is 1. The lowest BCUT2D eigenvalue weighted by atomic mass is 9.81. The molecule has 20 heteroatoms. The number of pyridine rings is 2. The first-order valence-corrected chi connectivity index (χ1v) is 22.7. The molecule has 0 bridgehead atoms. The van der Waals surface area contributed by atoms with Gasteiger partial charge in [-0.1, -0.05) is 13.3 Å². The van der Waals surface area contributed by atoms with Crippen molar-refractivity contribution in [3.63, 3.8) is 0 Å². The molecule has 67 heavy (non-hydrogen) atoms. The van der Waals surface area contributed by atoms with Crippen molar-refractivity contribution in [3.8, 4) is 11.4 Å². The maximum absolute atomic E-state index is 15.3. The molecule has 0 saturated carbocycles. The lowest BCUT2D eigenvalue weighted by Crippen LogP contribution is -2.54. The molecule has 7 amide bonds. The highest BCUT2D eigenvalue weighted by molar-refractivity contribution is 6.12. The third kappa shape index (κ3) is 9.57. The maximum Gasteiger partial charge on any atom is 0.343 e. The number of rotatable bonds is 18. The van der Waals surface area contributed by atoms with E-state index in [2.05, 4.69) is 26.6 Å². The number of nitrogens with one attached hydrogen (secondary N) is 5. The molecule has 1 aromatic carbocycles. The Morgan fingerprint density at radius 2 is 1.52 bits per heavy atom. The van der Waals surface area contributed by atoms with Crippen LogP contribution in [-0.4, -0.2) is 98.1 Å². The molecule has 19 nitrogen and oxygen atoms in total. The Kier molecular flexibility index (Phi) is 14.0. The molecule has 4 aliphatic rings. The van der Waals surface area contributed by atoms with Crippen LogP contribution in [0.1, 0.15) is 118 Å². The number of halogens is 1. The third-order valence-electron chi connectivity index (χ3n) is 13.1. The maximum atomic E-state index is 15.3. The van der Waals surface area contributed by atoms with Gasteiger partial charge in [-0.05, 0) is 89.0 Å². The van der Waals surface area contributed by atoms with Gasteiger partial charge in [0, 0.05) is 60.7 Å². The highest BCUT2D eigenvalue weighted by Gasteiger charge is 2.46. The highest BCUT2D eigenvalue weighted by atomic mass is 19.1. The Bertz CT molecular complexity index is 2680. The average molecular weight is 927 g/mol. The third-order valence-corrected chi connectivity index (χ3v) is 13.1. The van der Waals surface area contributed by atoms with E-state index in [-0.39, 0.29) is 86.7 Å². The summed E-state index contributed by atoms with van der Waals surface area (Å²) in [4.78, 5) is 120. The summed E-state index contributed by atoms with van der Waals surface area (Å²) in [5, 5.41) is 25.5. The van der Waals surface area contributed by atoms with E-state index in [9.17, 15) is 48.3 Å². The second kappa shape index (κ2) is 19.6. The molecule has 7 rings (SSSR count). The standard InChI is InChI=1S/C47H55FN8O11/c1-6-47(66)30-19-34-41-28(21-56(34)45(64)29(30)22-67-46(47)65)40-32(14-13-27-23(2)31(48)20-33(54-41)39(27)40)53-36(58)12-10-17-49-42(61)24(3)51-44(63)26(5)52-43(62)25(4)50-35(57)11-8-7-9-18-55-37(59)15-16-38(55)60/h15-16,19-20,24-26,32,66H,6-14,17-18,21-22H2,1-5H3,(H,49,61)(H,50,57)(H,51,63)(H,52,62)(H,53,58)/t24-,25-,26-,32-,47-/m0/s1. The van der Waals surface area contributed by atoms with Gasteiger partial charge in [0.05, 0.1) is 35.1 Å². The van der Waals surface area contributed by atoms with Gasteiger partial charge in [0.2, 0.25) is 29.5 Å². The van der Waals surface area contributed by atoms with Crippen molar-refractivity contribution < 1.29 is 52.6 Å². The summed E-state index contributed by atoms with van der Waals surface area (Å²) in [6.07, 6.45) is 5.28. The molecule has 0 spiro atoms. The number of cyclic esters (lactones) is 1. The fourth-order valence-electron chi connectivity index (χ4n) is 9.15. The van der Waals surface area contributed by atoms with Crippen molar-refractivity contribution in [3.05, 3.63) is 73.8 Å². The molecule has 0 fully saturated rings. The smallest absolute Gasteiger partial charge is 0.343 e. The number of carbonyl (C=O) groups is 8. The van der Waals surface area contributed by atoms with Gasteiger partial charge in [-0.15, -0.1) is 0 Å². The summed E-state index contributed by atoms with van der Waals surface area (Å²) in [6, 6.07) is -0.599. The molecule has 0 saturated heterocycles.